The predicted octanol–water partition coefficient (Wildman–Crippen LogP) is 5.15. The fraction of sp³-hybridized carbons (Fsp3) is 0.167. The molecule has 36 heavy (non-hydrogen) atoms. The van der Waals surface area contributed by atoms with Gasteiger partial charge in [0.2, 0.25) is 5.91 Å². The molecule has 2 N–H and O–H groups in total. The lowest BCUT2D eigenvalue weighted by atomic mass is 9.90. The summed E-state index contributed by atoms with van der Waals surface area (Å²) < 4.78 is 0. The maximum absolute atomic E-state index is 13.3. The standard InChI is InChI=1S/C30H27N3O3/c1-20(21-12-14-24(15-13-21)22-8-4-3-5-9-22)31-27(34)19-33-28(35)30(2,32-29(33)36)26-17-16-23-10-6-7-11-25(23)18-26/h3-18,20H,19H2,1-2H3,(H,31,34)(H,32,36)/t20-,30+/m1/s1. The van der Waals surface area contributed by atoms with E-state index in [1.807, 2.05) is 104 Å². The second-order valence-electron chi connectivity index (χ2n) is 9.29. The van der Waals surface area contributed by atoms with Crippen molar-refractivity contribution in [2.75, 3.05) is 6.54 Å². The quantitative estimate of drug-likeness (QED) is 0.377. The topological polar surface area (TPSA) is 78.5 Å². The SMILES string of the molecule is C[C@@H](NC(=O)CN1C(=O)N[C@@](C)(c2ccc3ccccc3c2)C1=O)c1ccc(-c2ccccc2)cc1. The molecule has 1 aliphatic heterocycles. The van der Waals surface area contributed by atoms with E-state index >= 15 is 0 Å². The van der Waals surface area contributed by atoms with E-state index < -0.39 is 23.4 Å². The van der Waals surface area contributed by atoms with Crippen LogP contribution in [-0.4, -0.2) is 29.3 Å². The third kappa shape index (κ3) is 4.33. The summed E-state index contributed by atoms with van der Waals surface area (Å²) in [6.07, 6.45) is 0. The number of amides is 4. The predicted molar refractivity (Wildman–Crippen MR) is 140 cm³/mol. The second kappa shape index (κ2) is 9.30. The van der Waals surface area contributed by atoms with Crippen LogP contribution in [0, 0.1) is 0 Å². The molecule has 0 spiro atoms. The van der Waals surface area contributed by atoms with Crippen LogP contribution in [0.25, 0.3) is 21.9 Å². The molecular weight excluding hydrogens is 450 g/mol. The summed E-state index contributed by atoms with van der Waals surface area (Å²) in [5, 5.41) is 7.70. The Kier molecular flexibility index (Phi) is 6.02. The Bertz CT molecular complexity index is 1450. The van der Waals surface area contributed by atoms with Gasteiger partial charge in [0, 0.05) is 0 Å². The summed E-state index contributed by atoms with van der Waals surface area (Å²) in [6, 6.07) is 30.7. The van der Waals surface area contributed by atoms with Crippen LogP contribution in [0.1, 0.15) is 31.0 Å². The van der Waals surface area contributed by atoms with Crippen LogP contribution < -0.4 is 10.6 Å². The first-order valence-corrected chi connectivity index (χ1v) is 11.9. The molecule has 2 atom stereocenters. The Morgan fingerprint density at radius 2 is 1.50 bits per heavy atom. The van der Waals surface area contributed by atoms with Crippen molar-refractivity contribution in [2.45, 2.75) is 25.4 Å². The van der Waals surface area contributed by atoms with E-state index in [0.29, 0.717) is 5.56 Å². The summed E-state index contributed by atoms with van der Waals surface area (Å²) >= 11 is 0. The molecule has 1 saturated heterocycles. The lowest BCUT2D eigenvalue weighted by Gasteiger charge is -2.23. The fourth-order valence-corrected chi connectivity index (χ4v) is 4.65. The average molecular weight is 478 g/mol. The monoisotopic (exact) mass is 477 g/mol. The van der Waals surface area contributed by atoms with Crippen molar-refractivity contribution >= 4 is 28.6 Å². The highest BCUT2D eigenvalue weighted by molar-refractivity contribution is 6.09. The highest BCUT2D eigenvalue weighted by atomic mass is 16.2. The zero-order chi connectivity index (χ0) is 25.3. The lowest BCUT2D eigenvalue weighted by Crippen LogP contribution is -2.43. The van der Waals surface area contributed by atoms with E-state index in [-0.39, 0.29) is 12.6 Å². The van der Waals surface area contributed by atoms with Crippen LogP contribution in [0.3, 0.4) is 0 Å². The van der Waals surface area contributed by atoms with Gasteiger partial charge in [-0.1, -0.05) is 91.0 Å². The zero-order valence-electron chi connectivity index (χ0n) is 20.2. The fourth-order valence-electron chi connectivity index (χ4n) is 4.65. The Morgan fingerprint density at radius 1 is 0.861 bits per heavy atom. The number of nitrogens with one attached hydrogen (secondary N) is 2. The molecule has 0 bridgehead atoms. The van der Waals surface area contributed by atoms with Crippen molar-refractivity contribution in [1.29, 1.82) is 0 Å². The van der Waals surface area contributed by atoms with Crippen molar-refractivity contribution in [2.24, 2.45) is 0 Å². The molecule has 1 fully saturated rings. The minimum absolute atomic E-state index is 0.282. The number of urea groups is 1. The summed E-state index contributed by atoms with van der Waals surface area (Å²) in [5.74, 6) is -0.848. The van der Waals surface area contributed by atoms with E-state index in [1.165, 1.54) is 0 Å². The van der Waals surface area contributed by atoms with Gasteiger partial charge in [-0.15, -0.1) is 0 Å². The highest BCUT2D eigenvalue weighted by Crippen LogP contribution is 2.31. The van der Waals surface area contributed by atoms with Crippen LogP contribution in [0.4, 0.5) is 4.79 Å². The first kappa shape index (κ1) is 23.3. The third-order valence-corrected chi connectivity index (χ3v) is 6.80. The Hall–Kier alpha value is -4.45. The van der Waals surface area contributed by atoms with E-state index in [4.69, 9.17) is 0 Å². The van der Waals surface area contributed by atoms with Gasteiger partial charge in [0.15, 0.2) is 0 Å². The molecule has 0 aliphatic carbocycles. The number of carbonyl (C=O) groups is 3. The van der Waals surface area contributed by atoms with Crippen LogP contribution in [0.15, 0.2) is 97.1 Å². The van der Waals surface area contributed by atoms with Crippen molar-refractivity contribution < 1.29 is 14.4 Å². The molecule has 6 nitrogen and oxygen atoms in total. The molecular formula is C30H27N3O3. The second-order valence-corrected chi connectivity index (χ2v) is 9.29. The number of hydrogen-bond acceptors (Lipinski definition) is 3. The minimum Gasteiger partial charge on any atom is -0.348 e. The number of nitrogens with zero attached hydrogens (tertiary/aromatic N) is 1. The summed E-state index contributed by atoms with van der Waals surface area (Å²) in [4.78, 5) is 39.8. The largest absolute Gasteiger partial charge is 0.348 e. The summed E-state index contributed by atoms with van der Waals surface area (Å²) in [6.45, 7) is 3.20. The number of imide groups is 1. The van der Waals surface area contributed by atoms with Gasteiger partial charge in [-0.3, -0.25) is 14.5 Å². The molecule has 4 amide bonds. The van der Waals surface area contributed by atoms with Crippen molar-refractivity contribution in [1.82, 2.24) is 15.5 Å². The Labute approximate surface area is 209 Å². The average Bonchev–Trinajstić information content (AvgIpc) is 3.12. The molecule has 4 aromatic carbocycles. The van der Waals surface area contributed by atoms with E-state index in [9.17, 15) is 14.4 Å². The Balaban J connectivity index is 1.26. The first-order valence-electron chi connectivity index (χ1n) is 11.9. The van der Waals surface area contributed by atoms with Gasteiger partial charge in [-0.25, -0.2) is 4.79 Å². The van der Waals surface area contributed by atoms with Crippen LogP contribution in [-0.2, 0) is 15.1 Å². The van der Waals surface area contributed by atoms with Gasteiger partial charge in [0.25, 0.3) is 5.91 Å². The lowest BCUT2D eigenvalue weighted by molar-refractivity contribution is -0.135. The normalized spacial score (nSPS) is 18.2. The minimum atomic E-state index is -1.24. The molecule has 0 radical (unpaired) electrons. The first-order chi connectivity index (χ1) is 17.3. The molecule has 1 aliphatic rings. The number of benzene rings is 4. The molecule has 1 heterocycles. The van der Waals surface area contributed by atoms with Gasteiger partial charge in [0.05, 0.1) is 6.04 Å². The van der Waals surface area contributed by atoms with Crippen LogP contribution in [0.5, 0.6) is 0 Å². The van der Waals surface area contributed by atoms with Crippen molar-refractivity contribution in [3.63, 3.8) is 0 Å². The molecule has 0 saturated carbocycles. The number of rotatable bonds is 6. The third-order valence-electron chi connectivity index (χ3n) is 6.80. The van der Waals surface area contributed by atoms with E-state index in [1.54, 1.807) is 6.92 Å². The molecule has 0 unspecified atom stereocenters. The van der Waals surface area contributed by atoms with Gasteiger partial charge < -0.3 is 10.6 Å². The van der Waals surface area contributed by atoms with E-state index in [0.717, 1.165) is 32.4 Å². The summed E-state index contributed by atoms with van der Waals surface area (Å²) in [7, 11) is 0. The number of carbonyl (C=O) groups excluding carboxylic acids is 3. The maximum Gasteiger partial charge on any atom is 0.325 e. The van der Waals surface area contributed by atoms with Gasteiger partial charge in [0.1, 0.15) is 12.1 Å². The highest BCUT2D eigenvalue weighted by Gasteiger charge is 2.49. The van der Waals surface area contributed by atoms with Gasteiger partial charge in [-0.05, 0) is 52.9 Å². The molecule has 4 aromatic rings. The van der Waals surface area contributed by atoms with Gasteiger partial charge in [-0.2, -0.15) is 0 Å². The van der Waals surface area contributed by atoms with Crippen LogP contribution >= 0.6 is 0 Å². The smallest absolute Gasteiger partial charge is 0.325 e. The molecule has 6 heteroatoms. The van der Waals surface area contributed by atoms with Crippen molar-refractivity contribution in [3.8, 4) is 11.1 Å². The molecule has 5 rings (SSSR count). The molecule has 180 valence electrons. The Morgan fingerprint density at radius 3 is 2.22 bits per heavy atom. The summed E-state index contributed by atoms with van der Waals surface area (Å²) in [5.41, 5.74) is 2.58. The molecule has 0 aromatic heterocycles. The van der Waals surface area contributed by atoms with Gasteiger partial charge >= 0.3 is 6.03 Å². The number of fused-ring (bicyclic) bond motifs is 1. The number of hydrogen-bond donors (Lipinski definition) is 2. The van der Waals surface area contributed by atoms with E-state index in [2.05, 4.69) is 10.6 Å². The zero-order valence-corrected chi connectivity index (χ0v) is 20.2. The van der Waals surface area contributed by atoms with Crippen LogP contribution in [0.2, 0.25) is 0 Å². The maximum atomic E-state index is 13.3. The van der Waals surface area contributed by atoms with Crippen molar-refractivity contribution in [3.05, 3.63) is 108 Å².